The van der Waals surface area contributed by atoms with E-state index in [1.165, 1.54) is 32.1 Å². The Morgan fingerprint density at radius 3 is 2.68 bits per heavy atom. The van der Waals surface area contributed by atoms with Gasteiger partial charge in [-0.15, -0.1) is 0 Å². The molecule has 1 saturated heterocycles. The number of aromatic nitrogens is 2. The molecule has 1 aliphatic carbocycles. The summed E-state index contributed by atoms with van der Waals surface area (Å²) in [6.45, 7) is 8.20. The summed E-state index contributed by atoms with van der Waals surface area (Å²) in [5.41, 5.74) is 1.83. The lowest BCUT2D eigenvalue weighted by Crippen LogP contribution is -2.39. The van der Waals surface area contributed by atoms with E-state index in [-0.39, 0.29) is 5.91 Å². The van der Waals surface area contributed by atoms with E-state index < -0.39 is 0 Å². The van der Waals surface area contributed by atoms with Crippen LogP contribution in [-0.2, 0) is 6.54 Å². The highest BCUT2D eigenvalue weighted by Gasteiger charge is 2.37. The second-order valence-electron chi connectivity index (χ2n) is 7.47. The molecule has 2 heterocycles. The smallest absolute Gasteiger partial charge is 0.257 e. The molecule has 22 heavy (non-hydrogen) atoms. The van der Waals surface area contributed by atoms with E-state index in [4.69, 9.17) is 0 Å². The molecule has 4 heteroatoms. The zero-order valence-electron chi connectivity index (χ0n) is 14.2. The second-order valence-corrected chi connectivity index (χ2v) is 7.47. The average molecular weight is 303 g/mol. The van der Waals surface area contributed by atoms with E-state index in [0.717, 1.165) is 36.7 Å². The van der Waals surface area contributed by atoms with Crippen molar-refractivity contribution < 1.29 is 4.79 Å². The molecule has 0 unspecified atom stereocenters. The normalized spacial score (nSPS) is 22.9. The van der Waals surface area contributed by atoms with Crippen LogP contribution in [0.25, 0.3) is 0 Å². The summed E-state index contributed by atoms with van der Waals surface area (Å²) >= 11 is 0. The minimum absolute atomic E-state index is 0.210. The first-order valence-electron chi connectivity index (χ1n) is 8.91. The monoisotopic (exact) mass is 303 g/mol. The lowest BCUT2D eigenvalue weighted by atomic mass is 9.95. The molecule has 0 radical (unpaired) electrons. The van der Waals surface area contributed by atoms with Crippen molar-refractivity contribution >= 4 is 5.91 Å². The van der Waals surface area contributed by atoms with Crippen LogP contribution in [0.3, 0.4) is 0 Å². The molecule has 0 bridgehead atoms. The predicted molar refractivity (Wildman–Crippen MR) is 87.8 cm³/mol. The molecule has 1 atom stereocenters. The van der Waals surface area contributed by atoms with Crippen molar-refractivity contribution in [3.63, 3.8) is 0 Å². The van der Waals surface area contributed by atoms with Crippen LogP contribution in [0, 0.1) is 18.8 Å². The molecule has 2 aliphatic rings. The van der Waals surface area contributed by atoms with Gasteiger partial charge in [0, 0.05) is 24.8 Å². The van der Waals surface area contributed by atoms with Crippen LogP contribution in [0.4, 0.5) is 0 Å². The number of likely N-dealkylation sites (tertiary alicyclic amines) is 1. The fraction of sp³-hybridized carbons (Fsp3) is 0.778. The van der Waals surface area contributed by atoms with E-state index in [1.807, 2.05) is 11.6 Å². The third-order valence-corrected chi connectivity index (χ3v) is 5.38. The first-order chi connectivity index (χ1) is 10.6. The summed E-state index contributed by atoms with van der Waals surface area (Å²) in [4.78, 5) is 15.2. The van der Waals surface area contributed by atoms with E-state index in [1.54, 1.807) is 6.20 Å². The van der Waals surface area contributed by atoms with Gasteiger partial charge in [-0.05, 0) is 44.4 Å². The molecule has 1 aliphatic heterocycles. The van der Waals surface area contributed by atoms with E-state index in [2.05, 4.69) is 23.8 Å². The summed E-state index contributed by atoms with van der Waals surface area (Å²) < 4.78 is 1.98. The van der Waals surface area contributed by atoms with Gasteiger partial charge < -0.3 is 4.90 Å². The first kappa shape index (κ1) is 15.6. The quantitative estimate of drug-likeness (QED) is 0.851. The summed E-state index contributed by atoms with van der Waals surface area (Å²) in [5.74, 6) is 1.49. The van der Waals surface area contributed by atoms with Crippen LogP contribution in [-0.4, -0.2) is 33.2 Å². The molecule has 3 rings (SSSR count). The number of rotatable bonds is 4. The van der Waals surface area contributed by atoms with Crippen molar-refractivity contribution in [1.82, 2.24) is 14.7 Å². The standard InChI is InChI=1S/C18H29N3O/c1-13(2)12-21-14(3)16(11-19-21)18(22)20-10-6-9-17(20)15-7-4-5-8-15/h11,13,15,17H,4-10,12H2,1-3H3/t17-/m0/s1. The molecular formula is C18H29N3O. The maximum Gasteiger partial charge on any atom is 0.257 e. The van der Waals surface area contributed by atoms with E-state index in [0.29, 0.717) is 12.0 Å². The van der Waals surface area contributed by atoms with Gasteiger partial charge >= 0.3 is 0 Å². The SMILES string of the molecule is Cc1c(C(=O)N2CCC[C@H]2C2CCCC2)cnn1CC(C)C. The van der Waals surface area contributed by atoms with Crippen LogP contribution in [0.2, 0.25) is 0 Å². The van der Waals surface area contributed by atoms with Gasteiger partial charge in [-0.1, -0.05) is 26.7 Å². The Kier molecular flexibility index (Phi) is 4.55. The highest BCUT2D eigenvalue weighted by Crippen LogP contribution is 2.36. The predicted octanol–water partition coefficient (Wildman–Crippen LogP) is 3.64. The van der Waals surface area contributed by atoms with Gasteiger partial charge in [0.25, 0.3) is 5.91 Å². The molecule has 1 aromatic heterocycles. The summed E-state index contributed by atoms with van der Waals surface area (Å²) in [6, 6.07) is 0.475. The maximum absolute atomic E-state index is 13.0. The van der Waals surface area contributed by atoms with Gasteiger partial charge in [-0.25, -0.2) is 0 Å². The fourth-order valence-electron chi connectivity index (χ4n) is 4.22. The number of nitrogens with zero attached hydrogens (tertiary/aromatic N) is 3. The largest absolute Gasteiger partial charge is 0.335 e. The first-order valence-corrected chi connectivity index (χ1v) is 8.91. The Hall–Kier alpha value is -1.32. The zero-order chi connectivity index (χ0) is 15.7. The summed E-state index contributed by atoms with van der Waals surface area (Å²) in [7, 11) is 0. The molecule has 0 N–H and O–H groups in total. The molecule has 1 aromatic rings. The lowest BCUT2D eigenvalue weighted by molar-refractivity contribution is 0.0688. The van der Waals surface area contributed by atoms with Crippen molar-refractivity contribution in [2.75, 3.05) is 6.54 Å². The van der Waals surface area contributed by atoms with Crippen LogP contribution < -0.4 is 0 Å². The Morgan fingerprint density at radius 1 is 1.27 bits per heavy atom. The van der Waals surface area contributed by atoms with Crippen LogP contribution >= 0.6 is 0 Å². The van der Waals surface area contributed by atoms with Crippen molar-refractivity contribution in [3.8, 4) is 0 Å². The topological polar surface area (TPSA) is 38.1 Å². The Bertz CT molecular complexity index is 528. The summed E-state index contributed by atoms with van der Waals surface area (Å²) in [5, 5.41) is 4.44. The van der Waals surface area contributed by atoms with Gasteiger partial charge in [0.2, 0.25) is 0 Å². The minimum Gasteiger partial charge on any atom is -0.335 e. The third-order valence-electron chi connectivity index (χ3n) is 5.38. The Labute approximate surface area is 133 Å². The third kappa shape index (κ3) is 2.92. The lowest BCUT2D eigenvalue weighted by Gasteiger charge is -2.29. The molecule has 4 nitrogen and oxygen atoms in total. The molecule has 1 amide bonds. The average Bonchev–Trinajstić information content (AvgIpc) is 3.18. The van der Waals surface area contributed by atoms with Crippen molar-refractivity contribution in [2.24, 2.45) is 11.8 Å². The van der Waals surface area contributed by atoms with E-state index >= 15 is 0 Å². The number of amides is 1. The van der Waals surface area contributed by atoms with Crippen molar-refractivity contribution in [1.29, 1.82) is 0 Å². The Morgan fingerprint density at radius 2 is 2.00 bits per heavy atom. The highest BCUT2D eigenvalue weighted by molar-refractivity contribution is 5.95. The molecule has 0 spiro atoms. The molecule has 122 valence electrons. The number of hydrogen-bond donors (Lipinski definition) is 0. The van der Waals surface area contributed by atoms with Gasteiger partial charge in [-0.2, -0.15) is 5.10 Å². The second kappa shape index (κ2) is 6.43. The van der Waals surface area contributed by atoms with Crippen molar-refractivity contribution in [2.45, 2.75) is 71.9 Å². The van der Waals surface area contributed by atoms with E-state index in [9.17, 15) is 4.79 Å². The highest BCUT2D eigenvalue weighted by atomic mass is 16.2. The molecule has 1 saturated carbocycles. The van der Waals surface area contributed by atoms with Crippen LogP contribution in [0.5, 0.6) is 0 Å². The maximum atomic E-state index is 13.0. The van der Waals surface area contributed by atoms with Crippen molar-refractivity contribution in [3.05, 3.63) is 17.5 Å². The summed E-state index contributed by atoms with van der Waals surface area (Å²) in [6.07, 6.45) is 9.43. The van der Waals surface area contributed by atoms with Crippen LogP contribution in [0.15, 0.2) is 6.20 Å². The van der Waals surface area contributed by atoms with Gasteiger partial charge in [-0.3, -0.25) is 9.48 Å². The fourth-order valence-corrected chi connectivity index (χ4v) is 4.22. The Balaban J connectivity index is 1.76. The molecule has 2 fully saturated rings. The van der Waals surface area contributed by atoms with Crippen LogP contribution in [0.1, 0.15) is 68.4 Å². The number of carbonyl (C=O) groups is 1. The molecular weight excluding hydrogens is 274 g/mol. The van der Waals surface area contributed by atoms with Gasteiger partial charge in [0.05, 0.1) is 11.8 Å². The van der Waals surface area contributed by atoms with Gasteiger partial charge in [0.15, 0.2) is 0 Å². The number of carbonyl (C=O) groups excluding carboxylic acids is 1. The molecule has 0 aromatic carbocycles. The minimum atomic E-state index is 0.210. The van der Waals surface area contributed by atoms with Gasteiger partial charge in [0.1, 0.15) is 0 Å². The zero-order valence-corrected chi connectivity index (χ0v) is 14.2. The number of hydrogen-bond acceptors (Lipinski definition) is 2.